The highest BCUT2D eigenvalue weighted by Crippen LogP contribution is 2.24. The third-order valence-corrected chi connectivity index (χ3v) is 5.12. The molecule has 0 spiro atoms. The summed E-state index contributed by atoms with van der Waals surface area (Å²) in [6.45, 7) is 5.62. The first-order chi connectivity index (χ1) is 8.71. The van der Waals surface area contributed by atoms with Crippen LogP contribution in [0.4, 0.5) is 0 Å². The number of hydrogen-bond acceptors (Lipinski definition) is 3. The van der Waals surface area contributed by atoms with Gasteiger partial charge in [0.1, 0.15) is 0 Å². The van der Waals surface area contributed by atoms with Crippen molar-refractivity contribution in [1.29, 1.82) is 0 Å². The molecule has 0 fully saturated rings. The first-order valence-corrected chi connectivity index (χ1v) is 7.58. The molecule has 0 radical (unpaired) electrons. The van der Waals surface area contributed by atoms with Gasteiger partial charge < -0.3 is 5.11 Å². The van der Waals surface area contributed by atoms with E-state index in [2.05, 4.69) is 0 Å². The Morgan fingerprint density at radius 1 is 1.42 bits per heavy atom. The van der Waals surface area contributed by atoms with E-state index < -0.39 is 16.0 Å². The van der Waals surface area contributed by atoms with Crippen molar-refractivity contribution in [3.63, 3.8) is 0 Å². The number of hydrogen-bond donors (Lipinski definition) is 1. The van der Waals surface area contributed by atoms with Gasteiger partial charge in [-0.3, -0.25) is 0 Å². The number of rotatable bonds is 5. The second-order valence-electron chi connectivity index (χ2n) is 4.25. The third kappa shape index (κ3) is 3.26. The van der Waals surface area contributed by atoms with E-state index in [-0.39, 0.29) is 21.5 Å². The smallest absolute Gasteiger partial charge is 0.337 e. The van der Waals surface area contributed by atoms with Crippen LogP contribution in [0.5, 0.6) is 0 Å². The maximum absolute atomic E-state index is 12.4. The molecule has 0 unspecified atom stereocenters. The highest BCUT2D eigenvalue weighted by molar-refractivity contribution is 7.89. The highest BCUT2D eigenvalue weighted by Gasteiger charge is 2.26. The number of sulfonamides is 1. The van der Waals surface area contributed by atoms with Gasteiger partial charge in [0.25, 0.3) is 0 Å². The van der Waals surface area contributed by atoms with Gasteiger partial charge in [-0.2, -0.15) is 4.31 Å². The van der Waals surface area contributed by atoms with Crippen LogP contribution in [-0.4, -0.2) is 36.4 Å². The molecule has 7 heteroatoms. The summed E-state index contributed by atoms with van der Waals surface area (Å²) in [5, 5.41) is 8.77. The molecule has 1 aromatic rings. The standard InChI is InChI=1S/C12H16ClNO4S/c1-4-14(8(2)3)19(17,18)9-5-6-10(12(15)16)11(13)7-9/h5-8H,4H2,1-3H3,(H,15,16). The van der Waals surface area contributed by atoms with Gasteiger partial charge >= 0.3 is 5.97 Å². The quantitative estimate of drug-likeness (QED) is 0.906. The molecule has 0 aliphatic rings. The van der Waals surface area contributed by atoms with Gasteiger partial charge in [-0.25, -0.2) is 13.2 Å². The van der Waals surface area contributed by atoms with Crippen molar-refractivity contribution in [3.8, 4) is 0 Å². The Morgan fingerprint density at radius 2 is 2.00 bits per heavy atom. The SMILES string of the molecule is CCN(C(C)C)S(=O)(=O)c1ccc(C(=O)O)c(Cl)c1. The molecule has 1 rings (SSSR count). The minimum Gasteiger partial charge on any atom is -0.478 e. The first kappa shape index (κ1) is 15.9. The van der Waals surface area contributed by atoms with Crippen LogP contribution in [0.3, 0.4) is 0 Å². The summed E-state index contributed by atoms with van der Waals surface area (Å²) in [5.74, 6) is -1.19. The number of benzene rings is 1. The Morgan fingerprint density at radius 3 is 2.37 bits per heavy atom. The summed E-state index contributed by atoms with van der Waals surface area (Å²) in [4.78, 5) is 10.8. The Kier molecular flexibility index (Phi) is 4.95. The molecule has 0 aliphatic heterocycles. The molecule has 0 bridgehead atoms. The molecule has 1 aromatic carbocycles. The molecule has 0 aliphatic carbocycles. The van der Waals surface area contributed by atoms with Crippen molar-refractivity contribution < 1.29 is 18.3 Å². The van der Waals surface area contributed by atoms with E-state index in [1.807, 2.05) is 0 Å². The number of halogens is 1. The second kappa shape index (κ2) is 5.90. The van der Waals surface area contributed by atoms with E-state index in [0.29, 0.717) is 6.54 Å². The normalized spacial score (nSPS) is 12.1. The zero-order valence-electron chi connectivity index (χ0n) is 10.9. The Hall–Kier alpha value is -1.11. The molecular weight excluding hydrogens is 290 g/mol. The van der Waals surface area contributed by atoms with Crippen molar-refractivity contribution in [2.45, 2.75) is 31.7 Å². The van der Waals surface area contributed by atoms with Crippen molar-refractivity contribution in [1.82, 2.24) is 4.31 Å². The van der Waals surface area contributed by atoms with Crippen LogP contribution in [0.25, 0.3) is 0 Å². The van der Waals surface area contributed by atoms with Crippen molar-refractivity contribution >= 4 is 27.6 Å². The fourth-order valence-electron chi connectivity index (χ4n) is 1.78. The van der Waals surface area contributed by atoms with Crippen LogP contribution >= 0.6 is 11.6 Å². The number of carbonyl (C=O) groups is 1. The van der Waals surface area contributed by atoms with Gasteiger partial charge in [0.2, 0.25) is 10.0 Å². The molecule has 0 heterocycles. The molecule has 5 nitrogen and oxygen atoms in total. The lowest BCUT2D eigenvalue weighted by Crippen LogP contribution is -2.36. The highest BCUT2D eigenvalue weighted by atomic mass is 35.5. The predicted molar refractivity (Wildman–Crippen MR) is 73.1 cm³/mol. The fourth-order valence-corrected chi connectivity index (χ4v) is 3.78. The first-order valence-electron chi connectivity index (χ1n) is 5.76. The molecular formula is C12H16ClNO4S. The fraction of sp³-hybridized carbons (Fsp3) is 0.417. The van der Waals surface area contributed by atoms with E-state index in [1.165, 1.54) is 22.5 Å². The van der Waals surface area contributed by atoms with E-state index in [9.17, 15) is 13.2 Å². The number of carboxylic acid groups (broad SMARTS) is 1. The topological polar surface area (TPSA) is 74.7 Å². The lowest BCUT2D eigenvalue weighted by molar-refractivity contribution is 0.0697. The zero-order chi connectivity index (χ0) is 14.8. The average Bonchev–Trinajstić information content (AvgIpc) is 2.28. The summed E-state index contributed by atoms with van der Waals surface area (Å²) in [7, 11) is -3.66. The summed E-state index contributed by atoms with van der Waals surface area (Å²) in [6, 6.07) is 3.44. The Bertz CT molecular complexity index is 583. The second-order valence-corrected chi connectivity index (χ2v) is 6.55. The molecule has 0 amide bonds. The molecule has 0 atom stereocenters. The number of carboxylic acids is 1. The van der Waals surface area contributed by atoms with Crippen molar-refractivity contribution in [2.75, 3.05) is 6.54 Å². The van der Waals surface area contributed by atoms with Crippen LogP contribution in [0.2, 0.25) is 5.02 Å². The van der Waals surface area contributed by atoms with Gasteiger partial charge in [-0.15, -0.1) is 0 Å². The van der Waals surface area contributed by atoms with Crippen molar-refractivity contribution in [2.24, 2.45) is 0 Å². The van der Waals surface area contributed by atoms with E-state index in [1.54, 1.807) is 20.8 Å². The van der Waals surface area contributed by atoms with Crippen LogP contribution in [0, 0.1) is 0 Å². The molecule has 0 saturated heterocycles. The predicted octanol–water partition coefficient (Wildman–Crippen LogP) is 2.46. The van der Waals surface area contributed by atoms with Crippen LogP contribution in [-0.2, 0) is 10.0 Å². The van der Waals surface area contributed by atoms with Gasteiger partial charge in [-0.1, -0.05) is 18.5 Å². The zero-order valence-corrected chi connectivity index (χ0v) is 12.5. The number of nitrogens with zero attached hydrogens (tertiary/aromatic N) is 1. The molecule has 0 saturated carbocycles. The van der Waals surface area contributed by atoms with Crippen LogP contribution in [0.15, 0.2) is 23.1 Å². The lowest BCUT2D eigenvalue weighted by atomic mass is 10.2. The van der Waals surface area contributed by atoms with E-state index >= 15 is 0 Å². The maximum Gasteiger partial charge on any atom is 0.337 e. The average molecular weight is 306 g/mol. The summed E-state index contributed by atoms with van der Waals surface area (Å²) >= 11 is 5.79. The van der Waals surface area contributed by atoms with Crippen LogP contribution in [0.1, 0.15) is 31.1 Å². The lowest BCUT2D eigenvalue weighted by Gasteiger charge is -2.24. The minimum atomic E-state index is -3.66. The maximum atomic E-state index is 12.4. The minimum absolute atomic E-state index is 0.00181. The summed E-state index contributed by atoms with van der Waals surface area (Å²) < 4.78 is 26.0. The van der Waals surface area contributed by atoms with E-state index in [4.69, 9.17) is 16.7 Å². The largest absolute Gasteiger partial charge is 0.478 e. The van der Waals surface area contributed by atoms with Gasteiger partial charge in [0.05, 0.1) is 15.5 Å². The van der Waals surface area contributed by atoms with Gasteiger partial charge in [0.15, 0.2) is 0 Å². The Labute approximate surface area is 117 Å². The molecule has 1 N–H and O–H groups in total. The Balaban J connectivity index is 3.30. The summed E-state index contributed by atoms with van der Waals surface area (Å²) in [6.07, 6.45) is 0. The summed E-state index contributed by atoms with van der Waals surface area (Å²) in [5.41, 5.74) is -0.117. The van der Waals surface area contributed by atoms with E-state index in [0.717, 1.165) is 0 Å². The molecule has 19 heavy (non-hydrogen) atoms. The number of aromatic carboxylic acids is 1. The van der Waals surface area contributed by atoms with Gasteiger partial charge in [-0.05, 0) is 32.0 Å². The monoisotopic (exact) mass is 305 g/mol. The van der Waals surface area contributed by atoms with Gasteiger partial charge in [0, 0.05) is 12.6 Å². The van der Waals surface area contributed by atoms with Crippen LogP contribution < -0.4 is 0 Å². The molecule has 0 aromatic heterocycles. The molecule has 106 valence electrons. The third-order valence-electron chi connectivity index (χ3n) is 2.67. The van der Waals surface area contributed by atoms with Crippen molar-refractivity contribution in [3.05, 3.63) is 28.8 Å².